The van der Waals surface area contributed by atoms with Gasteiger partial charge in [0.2, 0.25) is 0 Å². The molecule has 3 rings (SSSR count). The number of nitrogens with zero attached hydrogens (tertiary/aromatic N) is 4. The third-order valence-corrected chi connectivity index (χ3v) is 4.50. The molecule has 1 aliphatic carbocycles. The van der Waals surface area contributed by atoms with Crippen molar-refractivity contribution in [3.8, 4) is 0 Å². The van der Waals surface area contributed by atoms with Gasteiger partial charge < -0.3 is 5.32 Å². The topological polar surface area (TPSA) is 46.0 Å². The second-order valence-electron chi connectivity index (χ2n) is 6.57. The standard InChI is InChI=1S/C15H27N5/c1-12(2)20-15(17-11-18-20)10-19(14-3-4-14)9-13-5-7-16-8-6-13/h11-14,16H,3-10H2,1-2H3. The molecule has 1 saturated heterocycles. The van der Waals surface area contributed by atoms with Crippen LogP contribution in [-0.2, 0) is 6.54 Å². The Morgan fingerprint density at radius 2 is 2.05 bits per heavy atom. The molecule has 0 aromatic carbocycles. The van der Waals surface area contributed by atoms with Crippen molar-refractivity contribution < 1.29 is 0 Å². The van der Waals surface area contributed by atoms with Crippen LogP contribution in [0.25, 0.3) is 0 Å². The molecule has 2 fully saturated rings. The molecule has 112 valence electrons. The minimum Gasteiger partial charge on any atom is -0.317 e. The molecule has 0 atom stereocenters. The lowest BCUT2D eigenvalue weighted by Gasteiger charge is -2.30. The van der Waals surface area contributed by atoms with Crippen molar-refractivity contribution in [2.24, 2.45) is 5.92 Å². The fourth-order valence-electron chi connectivity index (χ4n) is 3.18. The van der Waals surface area contributed by atoms with E-state index in [2.05, 4.69) is 38.8 Å². The Hall–Kier alpha value is -0.940. The van der Waals surface area contributed by atoms with Crippen molar-refractivity contribution in [1.82, 2.24) is 25.0 Å². The zero-order valence-electron chi connectivity index (χ0n) is 12.8. The Bertz CT molecular complexity index is 418. The van der Waals surface area contributed by atoms with Crippen molar-refractivity contribution in [2.45, 2.75) is 58.2 Å². The Balaban J connectivity index is 1.63. The third-order valence-electron chi connectivity index (χ3n) is 4.50. The van der Waals surface area contributed by atoms with Crippen LogP contribution >= 0.6 is 0 Å². The second kappa shape index (κ2) is 6.22. The largest absolute Gasteiger partial charge is 0.317 e. The van der Waals surface area contributed by atoms with Crippen molar-refractivity contribution in [2.75, 3.05) is 19.6 Å². The highest BCUT2D eigenvalue weighted by Gasteiger charge is 2.31. The number of hydrogen-bond acceptors (Lipinski definition) is 4. The summed E-state index contributed by atoms with van der Waals surface area (Å²) in [7, 11) is 0. The highest BCUT2D eigenvalue weighted by Crippen LogP contribution is 2.30. The molecule has 1 aliphatic heterocycles. The molecule has 2 aliphatic rings. The van der Waals surface area contributed by atoms with E-state index in [0.717, 1.165) is 24.3 Å². The summed E-state index contributed by atoms with van der Waals surface area (Å²) in [5.41, 5.74) is 0. The van der Waals surface area contributed by atoms with Gasteiger partial charge in [-0.25, -0.2) is 9.67 Å². The molecule has 0 spiro atoms. The lowest BCUT2D eigenvalue weighted by Crippen LogP contribution is -2.37. The first-order valence-electron chi connectivity index (χ1n) is 8.07. The van der Waals surface area contributed by atoms with Crippen molar-refractivity contribution in [3.05, 3.63) is 12.2 Å². The molecule has 5 nitrogen and oxygen atoms in total. The molecule has 1 aromatic heterocycles. The number of rotatable bonds is 6. The summed E-state index contributed by atoms with van der Waals surface area (Å²) in [6.45, 7) is 8.92. The zero-order valence-corrected chi connectivity index (χ0v) is 12.8. The molecular weight excluding hydrogens is 250 g/mol. The first kappa shape index (κ1) is 14.0. The normalized spacial score (nSPS) is 21.0. The fourth-order valence-corrected chi connectivity index (χ4v) is 3.18. The van der Waals surface area contributed by atoms with E-state index in [0.29, 0.717) is 6.04 Å². The van der Waals surface area contributed by atoms with Gasteiger partial charge in [0.05, 0.1) is 6.54 Å². The second-order valence-corrected chi connectivity index (χ2v) is 6.57. The van der Waals surface area contributed by atoms with E-state index in [-0.39, 0.29) is 0 Å². The van der Waals surface area contributed by atoms with Gasteiger partial charge in [0.1, 0.15) is 12.2 Å². The summed E-state index contributed by atoms with van der Waals surface area (Å²) in [5, 5.41) is 7.82. The molecule has 1 saturated carbocycles. The maximum absolute atomic E-state index is 4.48. The van der Waals surface area contributed by atoms with Crippen LogP contribution in [0.2, 0.25) is 0 Å². The summed E-state index contributed by atoms with van der Waals surface area (Å²) < 4.78 is 2.07. The van der Waals surface area contributed by atoms with Gasteiger partial charge in [-0.05, 0) is 58.5 Å². The maximum Gasteiger partial charge on any atom is 0.141 e. The summed E-state index contributed by atoms with van der Waals surface area (Å²) in [5.74, 6) is 1.98. The molecule has 0 amide bonds. The molecule has 20 heavy (non-hydrogen) atoms. The van der Waals surface area contributed by atoms with E-state index in [1.807, 2.05) is 0 Å². The van der Waals surface area contributed by atoms with E-state index in [1.54, 1.807) is 6.33 Å². The van der Waals surface area contributed by atoms with Crippen LogP contribution in [-0.4, -0.2) is 45.3 Å². The molecule has 2 heterocycles. The first-order valence-corrected chi connectivity index (χ1v) is 8.07. The van der Waals surface area contributed by atoms with E-state index < -0.39 is 0 Å². The van der Waals surface area contributed by atoms with E-state index in [1.165, 1.54) is 45.3 Å². The average molecular weight is 277 g/mol. The molecule has 0 bridgehead atoms. The molecule has 1 N–H and O–H groups in total. The van der Waals surface area contributed by atoms with Crippen LogP contribution in [0.4, 0.5) is 0 Å². The zero-order chi connectivity index (χ0) is 13.9. The summed E-state index contributed by atoms with van der Waals surface area (Å²) in [6.07, 6.45) is 7.06. The smallest absolute Gasteiger partial charge is 0.141 e. The fraction of sp³-hybridized carbons (Fsp3) is 0.867. The summed E-state index contributed by atoms with van der Waals surface area (Å²) in [6, 6.07) is 1.19. The predicted octanol–water partition coefficient (Wildman–Crippen LogP) is 1.82. The number of nitrogens with one attached hydrogen (secondary N) is 1. The highest BCUT2D eigenvalue weighted by molar-refractivity contribution is 4.93. The van der Waals surface area contributed by atoms with Crippen molar-refractivity contribution >= 4 is 0 Å². The molecule has 0 radical (unpaired) electrons. The monoisotopic (exact) mass is 277 g/mol. The molecule has 1 aromatic rings. The third kappa shape index (κ3) is 3.38. The number of hydrogen-bond donors (Lipinski definition) is 1. The Morgan fingerprint density at radius 3 is 2.70 bits per heavy atom. The van der Waals surface area contributed by atoms with Crippen LogP contribution in [0.5, 0.6) is 0 Å². The SMILES string of the molecule is CC(C)n1ncnc1CN(CC1CCNCC1)C1CC1. The minimum atomic E-state index is 0.396. The van der Waals surface area contributed by atoms with Crippen molar-refractivity contribution in [1.29, 1.82) is 0 Å². The molecule has 0 unspecified atom stereocenters. The van der Waals surface area contributed by atoms with Crippen LogP contribution in [0, 0.1) is 5.92 Å². The number of piperidine rings is 1. The molecule has 5 heteroatoms. The Morgan fingerprint density at radius 1 is 1.30 bits per heavy atom. The first-order chi connectivity index (χ1) is 9.74. The van der Waals surface area contributed by atoms with E-state index >= 15 is 0 Å². The van der Waals surface area contributed by atoms with Crippen LogP contribution < -0.4 is 5.32 Å². The van der Waals surface area contributed by atoms with Gasteiger partial charge in [0, 0.05) is 18.6 Å². The van der Waals surface area contributed by atoms with Crippen LogP contribution in [0.1, 0.15) is 51.4 Å². The minimum absolute atomic E-state index is 0.396. The van der Waals surface area contributed by atoms with Crippen molar-refractivity contribution in [3.63, 3.8) is 0 Å². The lowest BCUT2D eigenvalue weighted by molar-refractivity contribution is 0.183. The Kier molecular flexibility index (Phi) is 4.36. The van der Waals surface area contributed by atoms with Gasteiger partial charge in [0.25, 0.3) is 0 Å². The highest BCUT2D eigenvalue weighted by atomic mass is 15.4. The number of aromatic nitrogens is 3. The predicted molar refractivity (Wildman–Crippen MR) is 79.4 cm³/mol. The average Bonchev–Trinajstić information content (AvgIpc) is 3.19. The van der Waals surface area contributed by atoms with Gasteiger partial charge >= 0.3 is 0 Å². The van der Waals surface area contributed by atoms with Gasteiger partial charge in [-0.2, -0.15) is 5.10 Å². The van der Waals surface area contributed by atoms with Gasteiger partial charge in [0.15, 0.2) is 0 Å². The van der Waals surface area contributed by atoms with Gasteiger partial charge in [-0.15, -0.1) is 0 Å². The van der Waals surface area contributed by atoms with Gasteiger partial charge in [-0.1, -0.05) is 0 Å². The summed E-state index contributed by atoms with van der Waals surface area (Å²) in [4.78, 5) is 7.13. The Labute approximate surface area is 121 Å². The van der Waals surface area contributed by atoms with Crippen LogP contribution in [0.3, 0.4) is 0 Å². The summed E-state index contributed by atoms with van der Waals surface area (Å²) >= 11 is 0. The molecular formula is C15H27N5. The lowest BCUT2D eigenvalue weighted by atomic mass is 9.97. The van der Waals surface area contributed by atoms with Gasteiger partial charge in [-0.3, -0.25) is 4.90 Å². The quantitative estimate of drug-likeness (QED) is 0.861. The van der Waals surface area contributed by atoms with E-state index in [4.69, 9.17) is 0 Å². The maximum atomic E-state index is 4.48. The van der Waals surface area contributed by atoms with Crippen LogP contribution in [0.15, 0.2) is 6.33 Å². The van der Waals surface area contributed by atoms with E-state index in [9.17, 15) is 0 Å².